The summed E-state index contributed by atoms with van der Waals surface area (Å²) >= 11 is 0. The molecule has 1 N–H and O–H groups in total. The quantitative estimate of drug-likeness (QED) is 0.802. The molecule has 0 radical (unpaired) electrons. The van der Waals surface area contributed by atoms with Crippen LogP contribution >= 0.6 is 0 Å². The summed E-state index contributed by atoms with van der Waals surface area (Å²) in [6, 6.07) is 22.2. The Bertz CT molecular complexity index is 757. The largest absolute Gasteiger partial charge is 0.350 e. The highest BCUT2D eigenvalue weighted by Gasteiger charge is 2.38. The minimum absolute atomic E-state index is 0.0263. The van der Waals surface area contributed by atoms with Crippen LogP contribution < -0.4 is 5.32 Å². The van der Waals surface area contributed by atoms with Gasteiger partial charge in [0.1, 0.15) is 0 Å². The molecule has 4 rings (SSSR count). The zero-order chi connectivity index (χ0) is 18.5. The van der Waals surface area contributed by atoms with Crippen LogP contribution in [0.25, 0.3) is 6.08 Å². The van der Waals surface area contributed by atoms with E-state index in [1.165, 1.54) is 24.8 Å². The smallest absolute Gasteiger partial charge is 0.244 e. The van der Waals surface area contributed by atoms with E-state index >= 15 is 0 Å². The van der Waals surface area contributed by atoms with Crippen LogP contribution in [-0.2, 0) is 11.3 Å². The summed E-state index contributed by atoms with van der Waals surface area (Å²) in [5.41, 5.74) is 2.45. The van der Waals surface area contributed by atoms with Crippen LogP contribution in [0.4, 0.5) is 0 Å². The Morgan fingerprint density at radius 1 is 0.963 bits per heavy atom. The Labute approximate surface area is 162 Å². The zero-order valence-corrected chi connectivity index (χ0v) is 15.8. The van der Waals surface area contributed by atoms with E-state index in [1.54, 1.807) is 6.08 Å². The maximum atomic E-state index is 12.4. The number of nitrogens with one attached hydrogen (secondary N) is 1. The molecule has 2 fully saturated rings. The molecule has 2 atom stereocenters. The molecule has 2 heterocycles. The van der Waals surface area contributed by atoms with Gasteiger partial charge in [-0.15, -0.1) is 0 Å². The molecule has 0 aromatic heterocycles. The fraction of sp³-hybridized carbons (Fsp3) is 0.375. The Hall–Kier alpha value is -2.39. The normalized spacial score (nSPS) is 25.4. The second-order valence-electron chi connectivity index (χ2n) is 7.82. The molecule has 0 saturated carbocycles. The number of rotatable bonds is 5. The van der Waals surface area contributed by atoms with Crippen molar-refractivity contribution in [2.75, 3.05) is 0 Å². The zero-order valence-electron chi connectivity index (χ0n) is 15.8. The molecule has 3 heteroatoms. The van der Waals surface area contributed by atoms with Crippen molar-refractivity contribution in [1.29, 1.82) is 0 Å². The summed E-state index contributed by atoms with van der Waals surface area (Å²) in [4.78, 5) is 15.0. The highest BCUT2D eigenvalue weighted by molar-refractivity contribution is 5.91. The lowest BCUT2D eigenvalue weighted by atomic mass is 9.81. The molecule has 2 aliphatic rings. The maximum Gasteiger partial charge on any atom is 0.244 e. The minimum Gasteiger partial charge on any atom is -0.350 e. The van der Waals surface area contributed by atoms with E-state index in [9.17, 15) is 4.79 Å². The van der Waals surface area contributed by atoms with Gasteiger partial charge in [0.2, 0.25) is 5.91 Å². The first-order valence-electron chi connectivity index (χ1n) is 10.1. The summed E-state index contributed by atoms with van der Waals surface area (Å²) in [6.07, 6.45) is 9.49. The number of fused-ring (bicyclic) bond motifs is 2. The predicted molar refractivity (Wildman–Crippen MR) is 110 cm³/mol. The SMILES string of the molecule is O=C(/C=C/c1ccccc1)NC1C[C@H]2CCC[C@H](C1)N2Cc1ccccc1. The lowest BCUT2D eigenvalue weighted by molar-refractivity contribution is -0.118. The van der Waals surface area contributed by atoms with Crippen molar-refractivity contribution in [2.24, 2.45) is 0 Å². The Morgan fingerprint density at radius 3 is 2.26 bits per heavy atom. The lowest BCUT2D eigenvalue weighted by Crippen LogP contribution is -2.56. The van der Waals surface area contributed by atoms with E-state index in [2.05, 4.69) is 40.5 Å². The summed E-state index contributed by atoms with van der Waals surface area (Å²) in [7, 11) is 0. The number of carbonyl (C=O) groups is 1. The van der Waals surface area contributed by atoms with E-state index in [-0.39, 0.29) is 5.91 Å². The number of nitrogens with zero attached hydrogens (tertiary/aromatic N) is 1. The number of hydrogen-bond acceptors (Lipinski definition) is 2. The van der Waals surface area contributed by atoms with Crippen LogP contribution in [0.15, 0.2) is 66.7 Å². The molecule has 2 aromatic carbocycles. The molecule has 2 aliphatic heterocycles. The van der Waals surface area contributed by atoms with Crippen molar-refractivity contribution >= 4 is 12.0 Å². The number of hydrogen-bond donors (Lipinski definition) is 1. The minimum atomic E-state index is 0.0263. The van der Waals surface area contributed by atoms with Gasteiger partial charge in [0.05, 0.1) is 0 Å². The Morgan fingerprint density at radius 2 is 1.59 bits per heavy atom. The first-order chi connectivity index (χ1) is 13.3. The second kappa shape index (κ2) is 8.53. The van der Waals surface area contributed by atoms with E-state index in [0.29, 0.717) is 18.1 Å². The molecular formula is C24H28N2O. The van der Waals surface area contributed by atoms with Gasteiger partial charge in [-0.2, -0.15) is 0 Å². The van der Waals surface area contributed by atoms with Crippen molar-refractivity contribution in [3.63, 3.8) is 0 Å². The van der Waals surface area contributed by atoms with E-state index in [1.807, 2.05) is 36.4 Å². The molecule has 0 aliphatic carbocycles. The van der Waals surface area contributed by atoms with Crippen LogP contribution in [0.2, 0.25) is 0 Å². The van der Waals surface area contributed by atoms with Crippen LogP contribution in [0.5, 0.6) is 0 Å². The molecule has 1 amide bonds. The summed E-state index contributed by atoms with van der Waals surface area (Å²) in [5, 5.41) is 3.25. The van der Waals surface area contributed by atoms with Gasteiger partial charge in [0.15, 0.2) is 0 Å². The van der Waals surface area contributed by atoms with E-state index in [0.717, 1.165) is 24.9 Å². The maximum absolute atomic E-state index is 12.4. The van der Waals surface area contributed by atoms with Crippen molar-refractivity contribution < 1.29 is 4.79 Å². The van der Waals surface area contributed by atoms with Crippen molar-refractivity contribution in [1.82, 2.24) is 10.2 Å². The van der Waals surface area contributed by atoms with Gasteiger partial charge in [-0.1, -0.05) is 67.1 Å². The van der Waals surface area contributed by atoms with Crippen molar-refractivity contribution in [2.45, 2.75) is 56.8 Å². The molecule has 2 bridgehead atoms. The third kappa shape index (κ3) is 4.67. The lowest BCUT2D eigenvalue weighted by Gasteiger charge is -2.49. The third-order valence-corrected chi connectivity index (χ3v) is 5.91. The van der Waals surface area contributed by atoms with Crippen LogP contribution in [0.1, 0.15) is 43.2 Å². The molecule has 0 unspecified atom stereocenters. The van der Waals surface area contributed by atoms with Crippen molar-refractivity contribution in [3.05, 3.63) is 77.9 Å². The van der Waals surface area contributed by atoms with Gasteiger partial charge in [0, 0.05) is 30.7 Å². The first kappa shape index (κ1) is 18.0. The van der Waals surface area contributed by atoms with Gasteiger partial charge >= 0.3 is 0 Å². The van der Waals surface area contributed by atoms with E-state index in [4.69, 9.17) is 0 Å². The van der Waals surface area contributed by atoms with Crippen LogP contribution in [0.3, 0.4) is 0 Å². The fourth-order valence-corrected chi connectivity index (χ4v) is 4.63. The molecular weight excluding hydrogens is 332 g/mol. The third-order valence-electron chi connectivity index (χ3n) is 5.91. The topological polar surface area (TPSA) is 32.3 Å². The summed E-state index contributed by atoms with van der Waals surface area (Å²) in [5.74, 6) is 0.0263. The van der Waals surface area contributed by atoms with Gasteiger partial charge in [-0.25, -0.2) is 0 Å². The molecule has 3 nitrogen and oxygen atoms in total. The van der Waals surface area contributed by atoms with Gasteiger partial charge in [-0.05, 0) is 42.9 Å². The number of amides is 1. The van der Waals surface area contributed by atoms with Gasteiger partial charge in [-0.3, -0.25) is 9.69 Å². The standard InChI is InChI=1S/C24H28N2O/c27-24(15-14-19-8-3-1-4-9-19)25-21-16-22-12-7-13-23(17-21)26(22)18-20-10-5-2-6-11-20/h1-6,8-11,14-15,21-23H,7,12-13,16-18H2,(H,25,27)/b15-14+/t22-,23-/m1/s1. The highest BCUT2D eigenvalue weighted by atomic mass is 16.1. The monoisotopic (exact) mass is 360 g/mol. The predicted octanol–water partition coefficient (Wildman–Crippen LogP) is 4.40. The van der Waals surface area contributed by atoms with Crippen molar-refractivity contribution in [3.8, 4) is 0 Å². The first-order valence-corrected chi connectivity index (χ1v) is 10.1. The summed E-state index contributed by atoms with van der Waals surface area (Å²) < 4.78 is 0. The van der Waals surface area contributed by atoms with Crippen LogP contribution in [0, 0.1) is 0 Å². The highest BCUT2D eigenvalue weighted by Crippen LogP contribution is 2.35. The number of benzene rings is 2. The molecule has 2 saturated heterocycles. The number of carbonyl (C=O) groups excluding carboxylic acids is 1. The second-order valence-corrected chi connectivity index (χ2v) is 7.82. The Kier molecular flexibility index (Phi) is 5.69. The summed E-state index contributed by atoms with van der Waals surface area (Å²) in [6.45, 7) is 1.03. The molecule has 2 aromatic rings. The van der Waals surface area contributed by atoms with Crippen LogP contribution in [-0.4, -0.2) is 28.9 Å². The molecule has 140 valence electrons. The van der Waals surface area contributed by atoms with E-state index < -0.39 is 0 Å². The molecule has 27 heavy (non-hydrogen) atoms. The molecule has 0 spiro atoms. The Balaban J connectivity index is 1.35. The van der Waals surface area contributed by atoms with Gasteiger partial charge in [0.25, 0.3) is 0 Å². The average Bonchev–Trinajstić information content (AvgIpc) is 2.69. The fourth-order valence-electron chi connectivity index (χ4n) is 4.63. The van der Waals surface area contributed by atoms with Gasteiger partial charge < -0.3 is 5.32 Å². The average molecular weight is 361 g/mol. The number of piperidine rings is 2.